The number of hydrogen-bond donors (Lipinski definition) is 0. The van der Waals surface area contributed by atoms with Gasteiger partial charge in [-0.1, -0.05) is 6.92 Å². The first kappa shape index (κ1) is 18.6. The number of thiophene rings is 1. The number of aromatic nitrogens is 2. The SMILES string of the molecule is CCCN1CCCN(c2nc(C)nc3sc(C(=O)OC)c(C)c23)CC1=O. The summed E-state index contributed by atoms with van der Waals surface area (Å²) >= 11 is 1.32. The molecule has 7 nitrogen and oxygen atoms in total. The lowest BCUT2D eigenvalue weighted by Crippen LogP contribution is -2.37. The zero-order valence-corrected chi connectivity index (χ0v) is 16.5. The molecule has 0 spiro atoms. The van der Waals surface area contributed by atoms with Gasteiger partial charge in [0.2, 0.25) is 5.91 Å². The molecule has 8 heteroatoms. The van der Waals surface area contributed by atoms with Crippen molar-refractivity contribution in [2.24, 2.45) is 0 Å². The smallest absolute Gasteiger partial charge is 0.348 e. The number of nitrogens with zero attached hydrogens (tertiary/aromatic N) is 4. The number of esters is 1. The zero-order chi connectivity index (χ0) is 18.8. The van der Waals surface area contributed by atoms with Crippen molar-refractivity contribution >= 4 is 39.2 Å². The molecule has 0 unspecified atom stereocenters. The van der Waals surface area contributed by atoms with E-state index in [0.717, 1.165) is 54.1 Å². The molecule has 26 heavy (non-hydrogen) atoms. The van der Waals surface area contributed by atoms with Gasteiger partial charge in [0.25, 0.3) is 0 Å². The van der Waals surface area contributed by atoms with E-state index in [4.69, 9.17) is 4.74 Å². The Morgan fingerprint density at radius 3 is 2.73 bits per heavy atom. The van der Waals surface area contributed by atoms with Crippen molar-refractivity contribution in [3.8, 4) is 0 Å². The van der Waals surface area contributed by atoms with Gasteiger partial charge in [0.05, 0.1) is 19.0 Å². The highest BCUT2D eigenvalue weighted by Crippen LogP contribution is 2.36. The summed E-state index contributed by atoms with van der Waals surface area (Å²) in [6.07, 6.45) is 1.85. The Morgan fingerprint density at radius 2 is 2.04 bits per heavy atom. The van der Waals surface area contributed by atoms with Crippen molar-refractivity contribution < 1.29 is 14.3 Å². The molecule has 2 aromatic heterocycles. The van der Waals surface area contributed by atoms with E-state index in [2.05, 4.69) is 16.9 Å². The van der Waals surface area contributed by atoms with Gasteiger partial charge in [0.15, 0.2) is 0 Å². The van der Waals surface area contributed by atoms with Crippen LogP contribution in [0.5, 0.6) is 0 Å². The number of carbonyl (C=O) groups excluding carboxylic acids is 2. The Balaban J connectivity index is 2.05. The number of hydrogen-bond acceptors (Lipinski definition) is 7. The molecule has 1 amide bonds. The molecule has 0 N–H and O–H groups in total. The minimum absolute atomic E-state index is 0.120. The molecule has 1 saturated heterocycles. The van der Waals surface area contributed by atoms with Crippen LogP contribution in [0.15, 0.2) is 0 Å². The molecular formula is C18H24N4O3S. The second-order valence-corrected chi connectivity index (χ2v) is 7.48. The van der Waals surface area contributed by atoms with Crippen LogP contribution in [0.2, 0.25) is 0 Å². The average molecular weight is 376 g/mol. The summed E-state index contributed by atoms with van der Waals surface area (Å²) in [5.41, 5.74) is 0.814. The van der Waals surface area contributed by atoms with Crippen molar-refractivity contribution in [2.75, 3.05) is 38.2 Å². The van der Waals surface area contributed by atoms with E-state index in [-0.39, 0.29) is 11.9 Å². The first-order chi connectivity index (χ1) is 12.5. The number of rotatable bonds is 4. The van der Waals surface area contributed by atoms with Crippen LogP contribution in [0.3, 0.4) is 0 Å². The molecule has 0 saturated carbocycles. The van der Waals surface area contributed by atoms with Crippen molar-refractivity contribution in [1.82, 2.24) is 14.9 Å². The minimum Gasteiger partial charge on any atom is -0.465 e. The van der Waals surface area contributed by atoms with Gasteiger partial charge in [-0.15, -0.1) is 11.3 Å². The van der Waals surface area contributed by atoms with E-state index >= 15 is 0 Å². The maximum absolute atomic E-state index is 12.6. The third-order valence-corrected chi connectivity index (χ3v) is 5.75. The number of carbonyl (C=O) groups is 2. The van der Waals surface area contributed by atoms with Crippen LogP contribution >= 0.6 is 11.3 Å². The highest BCUT2D eigenvalue weighted by Gasteiger charge is 2.27. The monoisotopic (exact) mass is 376 g/mol. The maximum atomic E-state index is 12.6. The van der Waals surface area contributed by atoms with E-state index in [1.807, 2.05) is 23.6 Å². The predicted octanol–water partition coefficient (Wildman–Crippen LogP) is 2.54. The Hall–Kier alpha value is -2.22. The van der Waals surface area contributed by atoms with Crippen molar-refractivity contribution in [3.05, 3.63) is 16.3 Å². The predicted molar refractivity (Wildman–Crippen MR) is 102 cm³/mol. The van der Waals surface area contributed by atoms with E-state index in [0.29, 0.717) is 17.2 Å². The maximum Gasteiger partial charge on any atom is 0.348 e. The summed E-state index contributed by atoms with van der Waals surface area (Å²) < 4.78 is 4.89. The van der Waals surface area contributed by atoms with E-state index < -0.39 is 0 Å². The lowest BCUT2D eigenvalue weighted by molar-refractivity contribution is -0.129. The Morgan fingerprint density at radius 1 is 1.27 bits per heavy atom. The zero-order valence-electron chi connectivity index (χ0n) is 15.7. The van der Waals surface area contributed by atoms with Gasteiger partial charge in [-0.2, -0.15) is 0 Å². The highest BCUT2D eigenvalue weighted by atomic mass is 32.1. The van der Waals surface area contributed by atoms with Crippen LogP contribution in [0.1, 0.15) is 40.8 Å². The molecule has 3 rings (SSSR count). The molecule has 0 aliphatic carbocycles. The second-order valence-electron chi connectivity index (χ2n) is 6.48. The Bertz CT molecular complexity index is 849. The van der Waals surface area contributed by atoms with Gasteiger partial charge in [0.1, 0.15) is 21.3 Å². The largest absolute Gasteiger partial charge is 0.465 e. The van der Waals surface area contributed by atoms with Crippen molar-refractivity contribution in [1.29, 1.82) is 0 Å². The Kier molecular flexibility index (Phi) is 5.41. The first-order valence-electron chi connectivity index (χ1n) is 8.85. The van der Waals surface area contributed by atoms with Crippen LogP contribution in [0, 0.1) is 13.8 Å². The van der Waals surface area contributed by atoms with Gasteiger partial charge in [-0.25, -0.2) is 14.8 Å². The number of anilines is 1. The van der Waals surface area contributed by atoms with E-state index in [1.54, 1.807) is 0 Å². The van der Waals surface area contributed by atoms with Crippen LogP contribution in [0.4, 0.5) is 5.82 Å². The Labute approximate surface area is 157 Å². The molecule has 1 aliphatic heterocycles. The molecule has 0 radical (unpaired) electrons. The third-order valence-electron chi connectivity index (χ3n) is 4.58. The van der Waals surface area contributed by atoms with Crippen LogP contribution in [-0.4, -0.2) is 60.0 Å². The van der Waals surface area contributed by atoms with E-state index in [9.17, 15) is 9.59 Å². The topological polar surface area (TPSA) is 75.6 Å². The molecule has 2 aromatic rings. The van der Waals surface area contributed by atoms with Crippen molar-refractivity contribution in [3.63, 3.8) is 0 Å². The van der Waals surface area contributed by atoms with E-state index in [1.165, 1.54) is 18.4 Å². The summed E-state index contributed by atoms with van der Waals surface area (Å²) in [5.74, 6) is 1.13. The number of methoxy groups -OCH3 is 1. The first-order valence-corrected chi connectivity index (χ1v) is 9.66. The molecule has 0 atom stereocenters. The quantitative estimate of drug-likeness (QED) is 0.764. The summed E-state index contributed by atoms with van der Waals surface area (Å²) in [7, 11) is 1.37. The van der Waals surface area contributed by atoms with Crippen molar-refractivity contribution in [2.45, 2.75) is 33.6 Å². The average Bonchev–Trinajstić information content (AvgIpc) is 2.83. The standard InChI is InChI=1S/C18H24N4O3S/c1-5-7-21-8-6-9-22(10-13(21)23)16-14-11(2)15(18(24)25-4)26-17(14)20-12(3)19-16/h5-10H2,1-4H3. The van der Waals surface area contributed by atoms with Crippen LogP contribution < -0.4 is 4.90 Å². The summed E-state index contributed by atoms with van der Waals surface area (Å²) in [6, 6.07) is 0. The fourth-order valence-electron chi connectivity index (χ4n) is 3.34. The fourth-order valence-corrected chi connectivity index (χ4v) is 4.48. The number of fused-ring (bicyclic) bond motifs is 1. The molecule has 0 bridgehead atoms. The number of aryl methyl sites for hydroxylation is 2. The summed E-state index contributed by atoms with van der Waals surface area (Å²) in [6.45, 7) is 8.40. The molecule has 140 valence electrons. The molecule has 3 heterocycles. The number of ether oxygens (including phenoxy) is 1. The number of amides is 1. The fraction of sp³-hybridized carbons (Fsp3) is 0.556. The second kappa shape index (κ2) is 7.57. The summed E-state index contributed by atoms with van der Waals surface area (Å²) in [4.78, 5) is 39.1. The third kappa shape index (κ3) is 3.38. The lowest BCUT2D eigenvalue weighted by Gasteiger charge is -2.23. The van der Waals surface area contributed by atoms with Crippen LogP contribution in [0.25, 0.3) is 10.2 Å². The summed E-state index contributed by atoms with van der Waals surface area (Å²) in [5, 5.41) is 0.845. The van der Waals surface area contributed by atoms with Gasteiger partial charge < -0.3 is 14.5 Å². The van der Waals surface area contributed by atoms with Gasteiger partial charge in [-0.05, 0) is 32.3 Å². The normalized spacial score (nSPS) is 15.5. The van der Waals surface area contributed by atoms with Gasteiger partial charge in [-0.3, -0.25) is 4.79 Å². The molecule has 1 fully saturated rings. The molecule has 0 aromatic carbocycles. The lowest BCUT2D eigenvalue weighted by atomic mass is 10.2. The molecular weight excluding hydrogens is 352 g/mol. The van der Waals surface area contributed by atoms with Gasteiger partial charge in [0, 0.05) is 19.6 Å². The molecule has 1 aliphatic rings. The van der Waals surface area contributed by atoms with Gasteiger partial charge >= 0.3 is 5.97 Å². The highest BCUT2D eigenvalue weighted by molar-refractivity contribution is 7.20. The minimum atomic E-state index is -0.366. The van der Waals surface area contributed by atoms with Crippen LogP contribution in [-0.2, 0) is 9.53 Å².